The van der Waals surface area contributed by atoms with Gasteiger partial charge in [0, 0.05) is 50.2 Å². The molecule has 2 aromatic heterocycles. The SMILES string of the molecule is CC(=O)N1CCN(C(=O)C(C)OC(=O)c2ccccc2CSc2nc3nc(C)cc(C)n3n2)CC1. The lowest BCUT2D eigenvalue weighted by atomic mass is 10.1. The molecule has 1 atom stereocenters. The van der Waals surface area contributed by atoms with E-state index in [1.165, 1.54) is 18.7 Å². The summed E-state index contributed by atoms with van der Waals surface area (Å²) in [7, 11) is 0. The van der Waals surface area contributed by atoms with Gasteiger partial charge in [-0.05, 0) is 38.5 Å². The minimum atomic E-state index is -0.926. The number of carbonyl (C=O) groups is 3. The molecule has 1 aliphatic heterocycles. The molecule has 1 saturated heterocycles. The molecular formula is C24H28N6O4S. The second-order valence-electron chi connectivity index (χ2n) is 8.47. The van der Waals surface area contributed by atoms with Gasteiger partial charge in [-0.1, -0.05) is 30.0 Å². The van der Waals surface area contributed by atoms with Gasteiger partial charge in [-0.25, -0.2) is 14.3 Å². The Labute approximate surface area is 207 Å². The molecule has 3 heterocycles. The molecule has 10 nitrogen and oxygen atoms in total. The van der Waals surface area contributed by atoms with Crippen LogP contribution in [0.3, 0.4) is 0 Å². The molecule has 3 aromatic rings. The second kappa shape index (κ2) is 10.4. The molecule has 184 valence electrons. The molecule has 0 radical (unpaired) electrons. The van der Waals surface area contributed by atoms with E-state index in [2.05, 4.69) is 15.1 Å². The van der Waals surface area contributed by atoms with Crippen LogP contribution >= 0.6 is 11.8 Å². The van der Waals surface area contributed by atoms with Crippen LogP contribution in [0, 0.1) is 13.8 Å². The lowest BCUT2D eigenvalue weighted by molar-refractivity contribution is -0.144. The van der Waals surface area contributed by atoms with E-state index in [-0.39, 0.29) is 11.8 Å². The highest BCUT2D eigenvalue weighted by atomic mass is 32.2. The fourth-order valence-electron chi connectivity index (χ4n) is 3.97. The Morgan fingerprint density at radius 3 is 2.46 bits per heavy atom. The summed E-state index contributed by atoms with van der Waals surface area (Å²) in [4.78, 5) is 49.4. The number of benzene rings is 1. The van der Waals surface area contributed by atoms with Crippen molar-refractivity contribution in [3.63, 3.8) is 0 Å². The number of thioether (sulfide) groups is 1. The zero-order valence-electron chi connectivity index (χ0n) is 20.2. The van der Waals surface area contributed by atoms with Gasteiger partial charge in [-0.15, -0.1) is 5.10 Å². The van der Waals surface area contributed by atoms with Crippen molar-refractivity contribution in [3.8, 4) is 0 Å². The summed E-state index contributed by atoms with van der Waals surface area (Å²) in [5.74, 6) is 0.164. The average molecular weight is 497 g/mol. The maximum Gasteiger partial charge on any atom is 0.339 e. The third-order valence-corrected chi connectivity index (χ3v) is 6.75. The van der Waals surface area contributed by atoms with E-state index in [9.17, 15) is 14.4 Å². The number of piperazine rings is 1. The Balaban J connectivity index is 1.39. The lowest BCUT2D eigenvalue weighted by Crippen LogP contribution is -2.52. The number of amides is 2. The van der Waals surface area contributed by atoms with Crippen molar-refractivity contribution in [2.75, 3.05) is 26.2 Å². The Kier molecular flexibility index (Phi) is 7.34. The Morgan fingerprint density at radius 2 is 1.74 bits per heavy atom. The van der Waals surface area contributed by atoms with E-state index >= 15 is 0 Å². The monoisotopic (exact) mass is 496 g/mol. The average Bonchev–Trinajstić information content (AvgIpc) is 3.25. The van der Waals surface area contributed by atoms with Gasteiger partial charge >= 0.3 is 5.97 Å². The van der Waals surface area contributed by atoms with Gasteiger partial charge in [0.25, 0.3) is 11.7 Å². The summed E-state index contributed by atoms with van der Waals surface area (Å²) in [5, 5.41) is 5.06. The standard InChI is InChI=1S/C24H28N6O4S/c1-15-13-16(2)30-23(25-15)26-24(27-30)35-14-19-7-5-6-8-20(19)22(33)34-17(3)21(32)29-11-9-28(10-12-29)18(4)31/h5-8,13,17H,9-12,14H2,1-4H3. The van der Waals surface area contributed by atoms with Crippen LogP contribution in [0.1, 0.15) is 41.2 Å². The predicted octanol–water partition coefficient (Wildman–Crippen LogP) is 2.27. The maximum absolute atomic E-state index is 12.9. The van der Waals surface area contributed by atoms with Crippen LogP contribution in [0.2, 0.25) is 0 Å². The predicted molar refractivity (Wildman–Crippen MR) is 130 cm³/mol. The highest BCUT2D eigenvalue weighted by molar-refractivity contribution is 7.98. The number of hydrogen-bond acceptors (Lipinski definition) is 8. The molecule has 1 unspecified atom stereocenters. The molecular weight excluding hydrogens is 468 g/mol. The van der Waals surface area contributed by atoms with E-state index in [1.54, 1.807) is 33.4 Å². The zero-order valence-corrected chi connectivity index (χ0v) is 21.0. The summed E-state index contributed by atoms with van der Waals surface area (Å²) in [5.41, 5.74) is 2.97. The van der Waals surface area contributed by atoms with E-state index in [0.717, 1.165) is 17.0 Å². The fraction of sp³-hybridized carbons (Fsp3) is 0.417. The van der Waals surface area contributed by atoms with Crippen molar-refractivity contribution >= 4 is 35.3 Å². The second-order valence-corrected chi connectivity index (χ2v) is 9.41. The van der Waals surface area contributed by atoms with Crippen molar-refractivity contribution in [1.82, 2.24) is 29.4 Å². The first-order valence-corrected chi connectivity index (χ1v) is 12.4. The zero-order chi connectivity index (χ0) is 25.1. The quantitative estimate of drug-likeness (QED) is 0.378. The number of fused-ring (bicyclic) bond motifs is 1. The lowest BCUT2D eigenvalue weighted by Gasteiger charge is -2.35. The van der Waals surface area contributed by atoms with Gasteiger partial charge in [0.2, 0.25) is 11.1 Å². The van der Waals surface area contributed by atoms with Gasteiger partial charge in [0.1, 0.15) is 0 Å². The number of carbonyl (C=O) groups excluding carboxylic acids is 3. The van der Waals surface area contributed by atoms with Crippen LogP contribution in [0.4, 0.5) is 0 Å². The Hall–Kier alpha value is -3.47. The molecule has 0 aliphatic carbocycles. The van der Waals surface area contributed by atoms with E-state index in [0.29, 0.717) is 48.4 Å². The Bertz CT molecular complexity index is 1270. The van der Waals surface area contributed by atoms with Crippen molar-refractivity contribution < 1.29 is 19.1 Å². The first-order valence-electron chi connectivity index (χ1n) is 11.4. The van der Waals surface area contributed by atoms with E-state index in [1.807, 2.05) is 32.0 Å². The van der Waals surface area contributed by atoms with Crippen molar-refractivity contribution in [3.05, 3.63) is 52.8 Å². The number of esters is 1. The van der Waals surface area contributed by atoms with E-state index in [4.69, 9.17) is 4.74 Å². The van der Waals surface area contributed by atoms with Crippen LogP contribution in [0.15, 0.2) is 35.5 Å². The summed E-state index contributed by atoms with van der Waals surface area (Å²) in [6.45, 7) is 8.76. The van der Waals surface area contributed by atoms with Gasteiger partial charge in [0.05, 0.1) is 5.56 Å². The minimum Gasteiger partial charge on any atom is -0.449 e. The molecule has 1 aliphatic rings. The molecule has 0 saturated carbocycles. The Morgan fingerprint density at radius 1 is 1.06 bits per heavy atom. The summed E-state index contributed by atoms with van der Waals surface area (Å²) >= 11 is 1.40. The fourth-order valence-corrected chi connectivity index (χ4v) is 4.79. The largest absolute Gasteiger partial charge is 0.449 e. The summed E-state index contributed by atoms with van der Waals surface area (Å²) in [6.07, 6.45) is -0.926. The highest BCUT2D eigenvalue weighted by Crippen LogP contribution is 2.23. The van der Waals surface area contributed by atoms with Crippen LogP contribution in [-0.2, 0) is 20.1 Å². The van der Waals surface area contributed by atoms with Crippen molar-refractivity contribution in [1.29, 1.82) is 0 Å². The molecule has 4 rings (SSSR count). The highest BCUT2D eigenvalue weighted by Gasteiger charge is 2.28. The molecule has 35 heavy (non-hydrogen) atoms. The molecule has 0 spiro atoms. The first-order chi connectivity index (χ1) is 16.7. The van der Waals surface area contributed by atoms with Crippen molar-refractivity contribution in [2.45, 2.75) is 44.7 Å². The van der Waals surface area contributed by atoms with Crippen molar-refractivity contribution in [2.24, 2.45) is 0 Å². The van der Waals surface area contributed by atoms with Gasteiger partial charge < -0.3 is 14.5 Å². The molecule has 1 fully saturated rings. The topological polar surface area (TPSA) is 110 Å². The van der Waals surface area contributed by atoms with Crippen LogP contribution < -0.4 is 0 Å². The smallest absolute Gasteiger partial charge is 0.339 e. The van der Waals surface area contributed by atoms with Gasteiger partial charge in [0.15, 0.2) is 6.10 Å². The number of rotatable bonds is 6. The van der Waals surface area contributed by atoms with Crippen LogP contribution in [-0.4, -0.2) is 79.4 Å². The van der Waals surface area contributed by atoms with Gasteiger partial charge in [-0.2, -0.15) is 4.98 Å². The third-order valence-electron chi connectivity index (χ3n) is 5.86. The number of ether oxygens (including phenoxy) is 1. The number of hydrogen-bond donors (Lipinski definition) is 0. The van der Waals surface area contributed by atoms with Crippen LogP contribution in [0.25, 0.3) is 5.78 Å². The van der Waals surface area contributed by atoms with Gasteiger partial charge in [-0.3, -0.25) is 9.59 Å². The summed E-state index contributed by atoms with van der Waals surface area (Å²) in [6, 6.07) is 9.08. The number of nitrogens with zero attached hydrogens (tertiary/aromatic N) is 6. The maximum atomic E-state index is 12.9. The number of aromatic nitrogens is 4. The minimum absolute atomic E-state index is 0.00796. The first kappa shape index (κ1) is 24.6. The molecule has 11 heteroatoms. The summed E-state index contributed by atoms with van der Waals surface area (Å²) < 4.78 is 7.22. The normalized spacial score (nSPS) is 14.7. The molecule has 1 aromatic carbocycles. The molecule has 0 N–H and O–H groups in total. The number of aryl methyl sites for hydroxylation is 2. The third kappa shape index (κ3) is 5.61. The van der Waals surface area contributed by atoms with Crippen LogP contribution in [0.5, 0.6) is 0 Å². The molecule has 2 amide bonds. The molecule has 0 bridgehead atoms. The van der Waals surface area contributed by atoms with E-state index < -0.39 is 12.1 Å².